The molecular formula is C21H25BrN2O2. The predicted molar refractivity (Wildman–Crippen MR) is 110 cm³/mol. The number of hydrogen-bond acceptors (Lipinski definition) is 3. The highest BCUT2D eigenvalue weighted by molar-refractivity contribution is 9.10. The number of amides is 1. The SMILES string of the molecule is CCCOc1ccc(Br)cc1/C=N/NC(=O)c1ccc(C(C)(C)C)cc1. The molecule has 0 unspecified atom stereocenters. The molecule has 0 aliphatic rings. The molecule has 0 aliphatic heterocycles. The van der Waals surface area contributed by atoms with Gasteiger partial charge in [0.2, 0.25) is 0 Å². The van der Waals surface area contributed by atoms with Crippen LogP contribution in [0.15, 0.2) is 52.0 Å². The summed E-state index contributed by atoms with van der Waals surface area (Å²) in [5.74, 6) is 0.496. The molecule has 1 N–H and O–H groups in total. The first-order chi connectivity index (χ1) is 12.3. The molecule has 0 saturated carbocycles. The van der Waals surface area contributed by atoms with Gasteiger partial charge in [0.15, 0.2) is 0 Å². The van der Waals surface area contributed by atoms with E-state index in [1.165, 1.54) is 5.56 Å². The van der Waals surface area contributed by atoms with Gasteiger partial charge in [-0.3, -0.25) is 4.79 Å². The molecule has 0 heterocycles. The van der Waals surface area contributed by atoms with Crippen LogP contribution in [-0.2, 0) is 5.41 Å². The van der Waals surface area contributed by atoms with Gasteiger partial charge in [-0.25, -0.2) is 5.43 Å². The first kappa shape index (κ1) is 20.2. The zero-order chi connectivity index (χ0) is 19.2. The second-order valence-electron chi connectivity index (χ2n) is 7.06. The van der Waals surface area contributed by atoms with Gasteiger partial charge in [-0.1, -0.05) is 55.8 Å². The quantitative estimate of drug-likeness (QED) is 0.512. The minimum atomic E-state index is -0.243. The highest BCUT2D eigenvalue weighted by atomic mass is 79.9. The lowest BCUT2D eigenvalue weighted by Crippen LogP contribution is -2.18. The summed E-state index contributed by atoms with van der Waals surface area (Å²) in [5.41, 5.74) is 5.19. The molecule has 0 fully saturated rings. The van der Waals surface area contributed by atoms with E-state index in [-0.39, 0.29) is 11.3 Å². The van der Waals surface area contributed by atoms with Gasteiger partial charge in [0.05, 0.1) is 12.8 Å². The normalized spacial score (nSPS) is 11.6. The number of carbonyl (C=O) groups is 1. The average molecular weight is 417 g/mol. The number of ether oxygens (including phenoxy) is 1. The van der Waals surface area contributed by atoms with E-state index in [1.54, 1.807) is 6.21 Å². The lowest BCUT2D eigenvalue weighted by molar-refractivity contribution is 0.0955. The third kappa shape index (κ3) is 5.70. The van der Waals surface area contributed by atoms with Crippen molar-refractivity contribution < 1.29 is 9.53 Å². The summed E-state index contributed by atoms with van der Waals surface area (Å²) in [7, 11) is 0. The highest BCUT2D eigenvalue weighted by Crippen LogP contribution is 2.23. The molecule has 1 amide bonds. The van der Waals surface area contributed by atoms with Crippen LogP contribution in [0.3, 0.4) is 0 Å². The molecule has 2 rings (SSSR count). The molecule has 2 aromatic carbocycles. The Balaban J connectivity index is 2.06. The van der Waals surface area contributed by atoms with E-state index >= 15 is 0 Å². The van der Waals surface area contributed by atoms with E-state index in [4.69, 9.17) is 4.74 Å². The molecule has 0 saturated heterocycles. The standard InChI is InChI=1S/C21H25BrN2O2/c1-5-12-26-19-11-10-18(22)13-16(19)14-23-24-20(25)15-6-8-17(9-7-15)21(2,3)4/h6-11,13-14H,5,12H2,1-4H3,(H,24,25)/b23-14+. The molecule has 5 heteroatoms. The molecule has 4 nitrogen and oxygen atoms in total. The van der Waals surface area contributed by atoms with Crippen LogP contribution in [0.5, 0.6) is 5.75 Å². The van der Waals surface area contributed by atoms with Crippen LogP contribution in [0.4, 0.5) is 0 Å². The Kier molecular flexibility index (Phi) is 6.98. The van der Waals surface area contributed by atoms with Crippen LogP contribution >= 0.6 is 15.9 Å². The zero-order valence-electron chi connectivity index (χ0n) is 15.7. The topological polar surface area (TPSA) is 50.7 Å². The summed E-state index contributed by atoms with van der Waals surface area (Å²) in [5, 5.41) is 4.07. The summed E-state index contributed by atoms with van der Waals surface area (Å²) in [6.07, 6.45) is 2.52. The molecule has 138 valence electrons. The number of halogens is 1. The third-order valence-electron chi connectivity index (χ3n) is 3.82. The Labute approximate surface area is 163 Å². The molecule has 0 aromatic heterocycles. The number of nitrogens with one attached hydrogen (secondary N) is 1. The van der Waals surface area contributed by atoms with Crippen molar-refractivity contribution in [1.29, 1.82) is 0 Å². The van der Waals surface area contributed by atoms with Crippen LogP contribution in [-0.4, -0.2) is 18.7 Å². The van der Waals surface area contributed by atoms with Crippen LogP contribution in [0.1, 0.15) is 55.6 Å². The Morgan fingerprint density at radius 1 is 1.19 bits per heavy atom. The van der Waals surface area contributed by atoms with Crippen molar-refractivity contribution in [2.24, 2.45) is 5.10 Å². The highest BCUT2D eigenvalue weighted by Gasteiger charge is 2.14. The van der Waals surface area contributed by atoms with Crippen molar-refractivity contribution in [3.63, 3.8) is 0 Å². The number of carbonyl (C=O) groups excluding carboxylic acids is 1. The third-order valence-corrected chi connectivity index (χ3v) is 4.31. The molecule has 0 radical (unpaired) electrons. The predicted octanol–water partition coefficient (Wildman–Crippen LogP) is 5.30. The molecule has 26 heavy (non-hydrogen) atoms. The van der Waals surface area contributed by atoms with E-state index in [0.717, 1.165) is 22.2 Å². The lowest BCUT2D eigenvalue weighted by Gasteiger charge is -2.18. The lowest BCUT2D eigenvalue weighted by atomic mass is 9.87. The molecule has 0 bridgehead atoms. The summed E-state index contributed by atoms with van der Waals surface area (Å²) < 4.78 is 6.63. The van der Waals surface area contributed by atoms with E-state index in [2.05, 4.69) is 54.2 Å². The smallest absolute Gasteiger partial charge is 0.271 e. The second kappa shape index (κ2) is 8.99. The van der Waals surface area contributed by atoms with Gasteiger partial charge in [-0.2, -0.15) is 5.10 Å². The van der Waals surface area contributed by atoms with Crippen molar-refractivity contribution in [1.82, 2.24) is 5.43 Å². The number of hydrazone groups is 1. The zero-order valence-corrected chi connectivity index (χ0v) is 17.3. The first-order valence-corrected chi connectivity index (χ1v) is 9.47. The van der Waals surface area contributed by atoms with Crippen molar-refractivity contribution in [3.8, 4) is 5.75 Å². The van der Waals surface area contributed by atoms with Gasteiger partial charge in [-0.15, -0.1) is 0 Å². The van der Waals surface area contributed by atoms with Gasteiger partial charge in [0, 0.05) is 15.6 Å². The Bertz CT molecular complexity index is 778. The van der Waals surface area contributed by atoms with Crippen molar-refractivity contribution in [2.45, 2.75) is 39.5 Å². The molecule has 0 aliphatic carbocycles. The van der Waals surface area contributed by atoms with E-state index in [9.17, 15) is 4.79 Å². The summed E-state index contributed by atoms with van der Waals surface area (Å²) >= 11 is 3.44. The number of rotatable bonds is 6. The Morgan fingerprint density at radius 2 is 1.88 bits per heavy atom. The van der Waals surface area contributed by atoms with E-state index < -0.39 is 0 Å². The van der Waals surface area contributed by atoms with Gasteiger partial charge in [0.25, 0.3) is 5.91 Å². The van der Waals surface area contributed by atoms with Crippen LogP contribution in [0, 0.1) is 0 Å². The van der Waals surface area contributed by atoms with Crippen molar-refractivity contribution in [3.05, 3.63) is 63.6 Å². The average Bonchev–Trinajstić information content (AvgIpc) is 2.60. The number of hydrogen-bond donors (Lipinski definition) is 1. The van der Waals surface area contributed by atoms with Crippen molar-refractivity contribution >= 4 is 28.1 Å². The Morgan fingerprint density at radius 3 is 2.50 bits per heavy atom. The fourth-order valence-corrected chi connectivity index (χ4v) is 2.69. The summed E-state index contributed by atoms with van der Waals surface area (Å²) in [6, 6.07) is 13.3. The fourth-order valence-electron chi connectivity index (χ4n) is 2.31. The fraction of sp³-hybridized carbons (Fsp3) is 0.333. The maximum Gasteiger partial charge on any atom is 0.271 e. The van der Waals surface area contributed by atoms with Gasteiger partial charge in [0.1, 0.15) is 5.75 Å². The van der Waals surface area contributed by atoms with Gasteiger partial charge >= 0.3 is 0 Å². The van der Waals surface area contributed by atoms with Crippen LogP contribution in [0.25, 0.3) is 0 Å². The van der Waals surface area contributed by atoms with Gasteiger partial charge < -0.3 is 4.74 Å². The maximum atomic E-state index is 12.3. The number of nitrogens with zero attached hydrogens (tertiary/aromatic N) is 1. The summed E-state index contributed by atoms with van der Waals surface area (Å²) in [6.45, 7) is 9.11. The van der Waals surface area contributed by atoms with Crippen LogP contribution in [0.2, 0.25) is 0 Å². The largest absolute Gasteiger partial charge is 0.493 e. The van der Waals surface area contributed by atoms with E-state index in [1.807, 2.05) is 42.5 Å². The molecule has 0 atom stereocenters. The minimum absolute atomic E-state index is 0.0583. The molecule has 0 spiro atoms. The maximum absolute atomic E-state index is 12.3. The molecule has 2 aromatic rings. The first-order valence-electron chi connectivity index (χ1n) is 8.67. The minimum Gasteiger partial charge on any atom is -0.493 e. The van der Waals surface area contributed by atoms with Crippen molar-refractivity contribution in [2.75, 3.05) is 6.61 Å². The molecular weight excluding hydrogens is 392 g/mol. The van der Waals surface area contributed by atoms with Crippen LogP contribution < -0.4 is 10.2 Å². The monoisotopic (exact) mass is 416 g/mol. The summed E-state index contributed by atoms with van der Waals surface area (Å²) in [4.78, 5) is 12.3. The Hall–Kier alpha value is -2.14. The number of benzene rings is 2. The van der Waals surface area contributed by atoms with E-state index in [0.29, 0.717) is 12.2 Å². The second-order valence-corrected chi connectivity index (χ2v) is 7.97. The van der Waals surface area contributed by atoms with Gasteiger partial charge in [-0.05, 0) is 47.7 Å².